The van der Waals surface area contributed by atoms with Crippen molar-refractivity contribution >= 4 is 41.0 Å². The van der Waals surface area contributed by atoms with E-state index in [1.807, 2.05) is 60.7 Å². The third-order valence-electron chi connectivity index (χ3n) is 6.04. The monoisotopic (exact) mass is 527 g/mol. The fourth-order valence-corrected chi connectivity index (χ4v) is 4.94. The number of esters is 1. The standard InChI is InChI=1S/C28H25N5O4S/c34-25(32-16-13-23(30-32)20-8-3-1-4-9-20)18-37-28(36)22-12-7-15-29-27(22)38-19-26(35)33-17-14-24(31-33)21-10-5-2-6-11-21/h1-12,15H,13-14,16-19H2. The molecule has 38 heavy (non-hydrogen) atoms. The average Bonchev–Trinajstić information content (AvgIpc) is 3.67. The van der Waals surface area contributed by atoms with E-state index >= 15 is 0 Å². The minimum Gasteiger partial charge on any atom is -0.452 e. The number of hydrazone groups is 2. The quantitative estimate of drug-likeness (QED) is 0.328. The Kier molecular flexibility index (Phi) is 7.89. The van der Waals surface area contributed by atoms with Crippen molar-refractivity contribution in [2.45, 2.75) is 17.9 Å². The number of nitrogens with zero attached hydrogens (tertiary/aromatic N) is 5. The van der Waals surface area contributed by atoms with Gasteiger partial charge in [-0.2, -0.15) is 10.2 Å². The van der Waals surface area contributed by atoms with E-state index in [-0.39, 0.29) is 17.2 Å². The Hall–Kier alpha value is -4.31. The lowest BCUT2D eigenvalue weighted by atomic mass is 10.1. The minimum absolute atomic E-state index is 0.0621. The molecule has 2 aromatic carbocycles. The zero-order valence-electron chi connectivity index (χ0n) is 20.5. The lowest BCUT2D eigenvalue weighted by molar-refractivity contribution is -0.134. The second-order valence-corrected chi connectivity index (χ2v) is 9.54. The summed E-state index contributed by atoms with van der Waals surface area (Å²) in [7, 11) is 0. The van der Waals surface area contributed by atoms with Gasteiger partial charge in [0, 0.05) is 19.0 Å². The number of ether oxygens (including phenoxy) is 1. The van der Waals surface area contributed by atoms with Gasteiger partial charge in [-0.25, -0.2) is 19.8 Å². The van der Waals surface area contributed by atoms with E-state index in [4.69, 9.17) is 4.74 Å². The predicted octanol–water partition coefficient (Wildman–Crippen LogP) is 3.60. The molecule has 2 amide bonds. The smallest absolute Gasteiger partial charge is 0.341 e. The van der Waals surface area contributed by atoms with Crippen molar-refractivity contribution in [1.29, 1.82) is 0 Å². The summed E-state index contributed by atoms with van der Waals surface area (Å²) in [5, 5.41) is 12.0. The highest BCUT2D eigenvalue weighted by atomic mass is 32.2. The van der Waals surface area contributed by atoms with Crippen LogP contribution in [0.1, 0.15) is 34.3 Å². The Bertz CT molecular complexity index is 1390. The first kappa shape index (κ1) is 25.3. The molecule has 0 unspecified atom stereocenters. The Morgan fingerprint density at radius 3 is 1.95 bits per heavy atom. The second-order valence-electron chi connectivity index (χ2n) is 8.58. The first-order chi connectivity index (χ1) is 18.6. The van der Waals surface area contributed by atoms with Crippen molar-refractivity contribution in [2.24, 2.45) is 10.2 Å². The number of amides is 2. The summed E-state index contributed by atoms with van der Waals surface area (Å²) in [6.45, 7) is 0.503. The Morgan fingerprint density at radius 2 is 1.34 bits per heavy atom. The topological polar surface area (TPSA) is 105 Å². The van der Waals surface area contributed by atoms with E-state index < -0.39 is 18.5 Å². The first-order valence-corrected chi connectivity index (χ1v) is 13.2. The van der Waals surface area contributed by atoms with Gasteiger partial charge < -0.3 is 4.74 Å². The van der Waals surface area contributed by atoms with Gasteiger partial charge >= 0.3 is 5.97 Å². The average molecular weight is 528 g/mol. The molecule has 3 aromatic rings. The molecule has 192 valence electrons. The van der Waals surface area contributed by atoms with Crippen LogP contribution in [0.3, 0.4) is 0 Å². The Morgan fingerprint density at radius 1 is 0.763 bits per heavy atom. The largest absolute Gasteiger partial charge is 0.452 e. The van der Waals surface area contributed by atoms with E-state index in [0.29, 0.717) is 31.0 Å². The molecule has 3 heterocycles. The van der Waals surface area contributed by atoms with Crippen LogP contribution < -0.4 is 0 Å². The summed E-state index contributed by atoms with van der Waals surface area (Å²) in [4.78, 5) is 42.4. The molecule has 9 nitrogen and oxygen atoms in total. The number of pyridine rings is 1. The lowest BCUT2D eigenvalue weighted by Crippen LogP contribution is -2.29. The van der Waals surface area contributed by atoms with Crippen LogP contribution in [0.15, 0.2) is 94.2 Å². The van der Waals surface area contributed by atoms with Crippen LogP contribution in [0, 0.1) is 0 Å². The summed E-state index contributed by atoms with van der Waals surface area (Å²) < 4.78 is 5.28. The van der Waals surface area contributed by atoms with Crippen molar-refractivity contribution in [1.82, 2.24) is 15.0 Å². The first-order valence-electron chi connectivity index (χ1n) is 12.2. The molecule has 0 bridgehead atoms. The molecule has 0 saturated heterocycles. The number of benzene rings is 2. The number of carbonyl (C=O) groups is 3. The summed E-state index contributed by atoms with van der Waals surface area (Å²) in [6, 6.07) is 22.6. The van der Waals surface area contributed by atoms with Crippen molar-refractivity contribution in [3.63, 3.8) is 0 Å². The maximum absolute atomic E-state index is 12.8. The van der Waals surface area contributed by atoms with Crippen molar-refractivity contribution in [2.75, 3.05) is 25.4 Å². The molecule has 2 aliphatic rings. The van der Waals surface area contributed by atoms with E-state index in [2.05, 4.69) is 15.2 Å². The normalized spacial score (nSPS) is 14.7. The summed E-state index contributed by atoms with van der Waals surface area (Å²) in [6.07, 6.45) is 2.86. The van der Waals surface area contributed by atoms with Crippen molar-refractivity contribution < 1.29 is 19.1 Å². The molecular formula is C28H25N5O4S. The molecule has 0 fully saturated rings. The number of carbonyl (C=O) groups excluding carboxylic acids is 3. The maximum atomic E-state index is 12.8. The van der Waals surface area contributed by atoms with Crippen LogP contribution >= 0.6 is 11.8 Å². The molecule has 10 heteroatoms. The van der Waals surface area contributed by atoms with Gasteiger partial charge in [-0.15, -0.1) is 0 Å². The van der Waals surface area contributed by atoms with Crippen LogP contribution in [-0.2, 0) is 14.3 Å². The summed E-state index contributed by atoms with van der Waals surface area (Å²) in [5.74, 6) is -1.20. The van der Waals surface area contributed by atoms with Gasteiger partial charge in [0.1, 0.15) is 5.03 Å². The highest BCUT2D eigenvalue weighted by molar-refractivity contribution is 8.00. The van der Waals surface area contributed by atoms with Gasteiger partial charge in [0.2, 0.25) is 0 Å². The number of hydrogen-bond acceptors (Lipinski definition) is 8. The molecule has 0 radical (unpaired) electrons. The Balaban J connectivity index is 1.15. The van der Waals surface area contributed by atoms with Crippen LogP contribution in [-0.4, -0.2) is 69.7 Å². The minimum atomic E-state index is -0.682. The molecule has 2 aliphatic heterocycles. The lowest BCUT2D eigenvalue weighted by Gasteiger charge is -2.13. The fourth-order valence-electron chi connectivity index (χ4n) is 4.09. The molecule has 0 saturated carbocycles. The second kappa shape index (κ2) is 11.8. The molecule has 0 atom stereocenters. The number of aromatic nitrogens is 1. The van der Waals surface area contributed by atoms with Gasteiger partial charge in [0.15, 0.2) is 6.61 Å². The zero-order valence-corrected chi connectivity index (χ0v) is 21.3. The molecular weight excluding hydrogens is 502 g/mol. The number of hydrogen-bond donors (Lipinski definition) is 0. The van der Waals surface area contributed by atoms with Gasteiger partial charge in [0.05, 0.1) is 35.8 Å². The van der Waals surface area contributed by atoms with Crippen LogP contribution in [0.2, 0.25) is 0 Å². The predicted molar refractivity (Wildman–Crippen MR) is 144 cm³/mol. The van der Waals surface area contributed by atoms with E-state index in [9.17, 15) is 14.4 Å². The third kappa shape index (κ3) is 5.97. The fraction of sp³-hybridized carbons (Fsp3) is 0.214. The van der Waals surface area contributed by atoms with Gasteiger partial charge in [0.25, 0.3) is 11.8 Å². The summed E-state index contributed by atoms with van der Waals surface area (Å²) >= 11 is 1.14. The molecule has 0 spiro atoms. The van der Waals surface area contributed by atoms with E-state index in [0.717, 1.165) is 34.3 Å². The van der Waals surface area contributed by atoms with E-state index in [1.54, 1.807) is 18.3 Å². The van der Waals surface area contributed by atoms with Gasteiger partial charge in [-0.05, 0) is 23.3 Å². The molecule has 0 aliphatic carbocycles. The highest BCUT2D eigenvalue weighted by Gasteiger charge is 2.25. The number of rotatable bonds is 8. The van der Waals surface area contributed by atoms with Crippen molar-refractivity contribution in [3.05, 3.63) is 95.7 Å². The summed E-state index contributed by atoms with van der Waals surface area (Å²) in [5.41, 5.74) is 3.84. The zero-order chi connectivity index (χ0) is 26.3. The van der Waals surface area contributed by atoms with E-state index in [1.165, 1.54) is 10.0 Å². The van der Waals surface area contributed by atoms with Gasteiger partial charge in [-0.3, -0.25) is 9.59 Å². The maximum Gasteiger partial charge on any atom is 0.341 e. The van der Waals surface area contributed by atoms with Crippen LogP contribution in [0.5, 0.6) is 0 Å². The molecule has 1 aromatic heterocycles. The number of thioether (sulfide) groups is 1. The van der Waals surface area contributed by atoms with Crippen LogP contribution in [0.25, 0.3) is 0 Å². The van der Waals surface area contributed by atoms with Gasteiger partial charge in [-0.1, -0.05) is 72.4 Å². The highest BCUT2D eigenvalue weighted by Crippen LogP contribution is 2.23. The SMILES string of the molecule is O=C(OCC(=O)N1CCC(c2ccccc2)=N1)c1cccnc1SCC(=O)N1CCC(c2ccccc2)=N1. The third-order valence-corrected chi connectivity index (χ3v) is 7.03. The molecule has 5 rings (SSSR count). The molecule has 0 N–H and O–H groups in total. The van der Waals surface area contributed by atoms with Crippen LogP contribution in [0.4, 0.5) is 0 Å². The van der Waals surface area contributed by atoms with Crippen molar-refractivity contribution in [3.8, 4) is 0 Å². The Labute approximate surface area is 224 Å².